The number of carbonyl (C=O) groups excluding carboxylic acids is 4. The Hall–Kier alpha value is -3.56. The summed E-state index contributed by atoms with van der Waals surface area (Å²) in [5, 5.41) is 5.55. The molecular weight excluding hydrogens is 508 g/mol. The molecule has 2 aromatic carbocycles. The van der Waals surface area contributed by atoms with Crippen LogP contribution in [0.25, 0.3) is 0 Å². The molecule has 1 atom stereocenters. The zero-order chi connectivity index (χ0) is 27.6. The van der Waals surface area contributed by atoms with Crippen molar-refractivity contribution in [2.75, 3.05) is 31.6 Å². The third-order valence-electron chi connectivity index (χ3n) is 8.95. The lowest BCUT2D eigenvalue weighted by Gasteiger charge is -2.37. The van der Waals surface area contributed by atoms with Crippen molar-refractivity contribution in [1.82, 2.24) is 15.1 Å². The predicted octanol–water partition coefficient (Wildman–Crippen LogP) is 3.34. The Morgan fingerprint density at radius 3 is 2.25 bits per heavy atom. The van der Waals surface area contributed by atoms with E-state index >= 15 is 0 Å². The summed E-state index contributed by atoms with van der Waals surface area (Å²) in [5.74, 6) is -0.327. The number of rotatable bonds is 7. The highest BCUT2D eigenvalue weighted by Crippen LogP contribution is 2.34. The Kier molecular flexibility index (Phi) is 7.67. The van der Waals surface area contributed by atoms with Crippen molar-refractivity contribution >= 4 is 29.3 Å². The summed E-state index contributed by atoms with van der Waals surface area (Å²) in [5.41, 5.74) is 3.46. The largest absolute Gasteiger partial charge is 0.381 e. The molecule has 6 rings (SSSR count). The van der Waals surface area contributed by atoms with Gasteiger partial charge in [-0.15, -0.1) is 0 Å². The Labute approximate surface area is 234 Å². The van der Waals surface area contributed by atoms with E-state index < -0.39 is 23.8 Å². The summed E-state index contributed by atoms with van der Waals surface area (Å²) in [6, 6.07) is 12.7. The van der Waals surface area contributed by atoms with Crippen LogP contribution in [-0.4, -0.2) is 65.8 Å². The average Bonchev–Trinajstić information content (AvgIpc) is 3.23. The zero-order valence-corrected chi connectivity index (χ0v) is 22.7. The second-order valence-corrected chi connectivity index (χ2v) is 11.4. The maximum Gasteiger partial charge on any atom is 0.264 e. The third kappa shape index (κ3) is 5.40. The number of likely N-dealkylation sites (tertiary alicyclic amines) is 1. The molecule has 9 heteroatoms. The Bertz CT molecular complexity index is 1300. The number of benzene rings is 2. The smallest absolute Gasteiger partial charge is 0.264 e. The van der Waals surface area contributed by atoms with Crippen molar-refractivity contribution in [2.45, 2.75) is 57.7 Å². The number of ether oxygens (including phenoxy) is 1. The molecular formula is C31H36N4O5. The van der Waals surface area contributed by atoms with Crippen LogP contribution in [0.4, 0.5) is 5.69 Å². The van der Waals surface area contributed by atoms with Crippen molar-refractivity contribution in [3.63, 3.8) is 0 Å². The highest BCUT2D eigenvalue weighted by atomic mass is 16.5. The number of imide groups is 2. The molecule has 0 radical (unpaired) electrons. The highest BCUT2D eigenvalue weighted by molar-refractivity contribution is 6.25. The van der Waals surface area contributed by atoms with E-state index in [1.54, 1.807) is 18.2 Å². The maximum absolute atomic E-state index is 13.3. The summed E-state index contributed by atoms with van der Waals surface area (Å²) >= 11 is 0. The van der Waals surface area contributed by atoms with E-state index in [0.717, 1.165) is 55.1 Å². The van der Waals surface area contributed by atoms with Crippen LogP contribution >= 0.6 is 0 Å². The third-order valence-corrected chi connectivity index (χ3v) is 8.95. The number of nitrogens with zero attached hydrogens (tertiary/aromatic N) is 2. The minimum Gasteiger partial charge on any atom is -0.381 e. The number of nitrogens with one attached hydrogen (secondary N) is 2. The van der Waals surface area contributed by atoms with Crippen LogP contribution in [0.15, 0.2) is 42.5 Å². The molecule has 2 N–H and O–H groups in total. The Morgan fingerprint density at radius 1 is 0.825 bits per heavy atom. The molecule has 3 fully saturated rings. The van der Waals surface area contributed by atoms with Crippen molar-refractivity contribution in [3.05, 3.63) is 64.7 Å². The first kappa shape index (κ1) is 26.7. The summed E-state index contributed by atoms with van der Waals surface area (Å²) in [4.78, 5) is 53.8. The van der Waals surface area contributed by atoms with E-state index in [2.05, 4.69) is 39.8 Å². The van der Waals surface area contributed by atoms with Crippen molar-refractivity contribution in [2.24, 2.45) is 11.8 Å². The Balaban J connectivity index is 1.04. The van der Waals surface area contributed by atoms with Gasteiger partial charge >= 0.3 is 0 Å². The molecule has 0 spiro atoms. The number of carbonyl (C=O) groups is 4. The van der Waals surface area contributed by atoms with Crippen molar-refractivity contribution < 1.29 is 23.9 Å². The minimum absolute atomic E-state index is 0.0967. The van der Waals surface area contributed by atoms with Crippen molar-refractivity contribution in [3.8, 4) is 0 Å². The second-order valence-electron chi connectivity index (χ2n) is 11.4. The van der Waals surface area contributed by atoms with Crippen LogP contribution in [-0.2, 0) is 27.4 Å². The normalized spacial score (nSPS) is 22.9. The minimum atomic E-state index is -0.974. The lowest BCUT2D eigenvalue weighted by Crippen LogP contribution is -2.54. The van der Waals surface area contributed by atoms with Crippen LogP contribution in [0.1, 0.15) is 70.4 Å². The maximum atomic E-state index is 13.3. The molecule has 4 heterocycles. The van der Waals surface area contributed by atoms with Crippen LogP contribution < -0.4 is 10.6 Å². The molecule has 210 valence electrons. The number of fused-ring (bicyclic) bond motifs is 1. The van der Waals surface area contributed by atoms with E-state index in [4.69, 9.17) is 4.74 Å². The van der Waals surface area contributed by atoms with E-state index in [9.17, 15) is 19.2 Å². The fourth-order valence-electron chi connectivity index (χ4n) is 6.65. The van der Waals surface area contributed by atoms with Gasteiger partial charge < -0.3 is 10.1 Å². The zero-order valence-electron chi connectivity index (χ0n) is 22.7. The Morgan fingerprint density at radius 2 is 1.52 bits per heavy atom. The summed E-state index contributed by atoms with van der Waals surface area (Å²) in [7, 11) is 0. The lowest BCUT2D eigenvalue weighted by molar-refractivity contribution is -0.136. The van der Waals surface area contributed by atoms with Gasteiger partial charge in [0.25, 0.3) is 11.8 Å². The number of hydrogen-bond acceptors (Lipinski definition) is 7. The van der Waals surface area contributed by atoms with Gasteiger partial charge in [0.15, 0.2) is 0 Å². The van der Waals surface area contributed by atoms with Gasteiger partial charge in [-0.3, -0.25) is 34.3 Å². The van der Waals surface area contributed by atoms with Gasteiger partial charge in [-0.05, 0) is 80.3 Å². The fraction of sp³-hybridized carbons (Fsp3) is 0.484. The van der Waals surface area contributed by atoms with E-state index in [0.29, 0.717) is 12.2 Å². The van der Waals surface area contributed by atoms with Gasteiger partial charge in [-0.2, -0.15) is 0 Å². The SMILES string of the molecule is O=C1CCC(N2C(=O)c3cccc(NCc4ccc(CN5CCC(C6CCOCC6)CC5)cc4)c3C2=O)C(=O)N1. The molecule has 40 heavy (non-hydrogen) atoms. The summed E-state index contributed by atoms with van der Waals surface area (Å²) < 4.78 is 5.54. The molecule has 0 saturated carbocycles. The molecule has 4 aliphatic rings. The monoisotopic (exact) mass is 544 g/mol. The predicted molar refractivity (Wildman–Crippen MR) is 148 cm³/mol. The molecule has 0 bridgehead atoms. The number of hydrogen-bond donors (Lipinski definition) is 2. The van der Waals surface area contributed by atoms with Gasteiger partial charge in [0.1, 0.15) is 6.04 Å². The number of piperidine rings is 2. The number of anilines is 1. The van der Waals surface area contributed by atoms with Crippen LogP contribution in [0.3, 0.4) is 0 Å². The molecule has 0 aliphatic carbocycles. The van der Waals surface area contributed by atoms with Crippen LogP contribution in [0, 0.1) is 11.8 Å². The topological polar surface area (TPSA) is 108 Å². The fourth-order valence-corrected chi connectivity index (χ4v) is 6.65. The molecule has 3 saturated heterocycles. The first-order chi connectivity index (χ1) is 19.5. The molecule has 9 nitrogen and oxygen atoms in total. The van der Waals surface area contributed by atoms with Crippen LogP contribution in [0.2, 0.25) is 0 Å². The first-order valence-electron chi connectivity index (χ1n) is 14.4. The van der Waals surface area contributed by atoms with Gasteiger partial charge in [0, 0.05) is 38.4 Å². The average molecular weight is 545 g/mol. The number of amides is 4. The van der Waals surface area contributed by atoms with Gasteiger partial charge in [-0.1, -0.05) is 30.3 Å². The van der Waals surface area contributed by atoms with E-state index in [1.807, 2.05) is 0 Å². The van der Waals surface area contributed by atoms with Crippen LogP contribution in [0.5, 0.6) is 0 Å². The van der Waals surface area contributed by atoms with E-state index in [1.165, 1.54) is 31.2 Å². The van der Waals surface area contributed by atoms with Gasteiger partial charge in [0.05, 0.1) is 11.1 Å². The summed E-state index contributed by atoms with van der Waals surface area (Å²) in [6.45, 7) is 5.59. The van der Waals surface area contributed by atoms with E-state index in [-0.39, 0.29) is 29.9 Å². The second kappa shape index (κ2) is 11.5. The standard InChI is InChI=1S/C31H36N4O5/c36-27-9-8-26(29(37)33-27)35-30(38)24-2-1-3-25(28(24)31(35)39)32-18-20-4-6-21(7-5-20)19-34-14-10-22(11-15-34)23-12-16-40-17-13-23/h1-7,22-23,26,32H,8-19H2,(H,33,36,37). The van der Waals surface area contributed by atoms with Gasteiger partial charge in [0.2, 0.25) is 11.8 Å². The molecule has 0 aromatic heterocycles. The summed E-state index contributed by atoms with van der Waals surface area (Å²) in [6.07, 6.45) is 5.22. The van der Waals surface area contributed by atoms with Crippen molar-refractivity contribution in [1.29, 1.82) is 0 Å². The molecule has 4 amide bonds. The first-order valence-corrected chi connectivity index (χ1v) is 14.4. The molecule has 1 unspecified atom stereocenters. The molecule has 4 aliphatic heterocycles. The highest BCUT2D eigenvalue weighted by Gasteiger charge is 2.45. The van der Waals surface area contributed by atoms with Gasteiger partial charge in [-0.25, -0.2) is 0 Å². The molecule has 2 aromatic rings. The lowest BCUT2D eigenvalue weighted by atomic mass is 9.80. The quantitative estimate of drug-likeness (QED) is 0.515.